The third-order valence-electron chi connectivity index (χ3n) is 6.13. The minimum Gasteiger partial charge on any atom is -0.507 e. The van der Waals surface area contributed by atoms with Crippen molar-refractivity contribution >= 4 is 49.7 Å². The van der Waals surface area contributed by atoms with Gasteiger partial charge >= 0.3 is 0 Å². The number of anilines is 1. The quantitative estimate of drug-likeness (QED) is 0.341. The topological polar surface area (TPSA) is 104 Å². The molecule has 2 aromatic heterocycles. The highest BCUT2D eigenvalue weighted by Gasteiger charge is 2.46. The zero-order valence-electron chi connectivity index (χ0n) is 19.8. The van der Waals surface area contributed by atoms with E-state index < -0.39 is 23.5 Å². The molecule has 3 heterocycles. The number of hydrogen-bond donors (Lipinski definition) is 2. The number of rotatable bonds is 4. The predicted octanol–water partition coefficient (Wildman–Crippen LogP) is 5.78. The van der Waals surface area contributed by atoms with Crippen molar-refractivity contribution in [1.29, 1.82) is 0 Å². The number of nitrogens with zero attached hydrogens (tertiary/aromatic N) is 3. The lowest BCUT2D eigenvalue weighted by molar-refractivity contribution is -0.117. The SMILES string of the molecule is Cc1ccc2nc(N3C(=O)C(O)=C(C(=O)c4sc(C)nc4C)C3c3cc(C)c(O)c(C)c3)sc2c1. The Balaban J connectivity index is 1.73. The Morgan fingerprint density at radius 2 is 1.66 bits per heavy atom. The van der Waals surface area contributed by atoms with E-state index in [2.05, 4.69) is 9.97 Å². The van der Waals surface area contributed by atoms with Crippen LogP contribution in [0.15, 0.2) is 41.7 Å². The Hall–Kier alpha value is -3.56. The molecule has 1 aliphatic heterocycles. The summed E-state index contributed by atoms with van der Waals surface area (Å²) < 4.78 is 0.901. The largest absolute Gasteiger partial charge is 0.507 e. The molecule has 0 saturated carbocycles. The van der Waals surface area contributed by atoms with Crippen LogP contribution in [0.5, 0.6) is 5.75 Å². The molecule has 5 rings (SSSR count). The number of thiazole rings is 2. The zero-order valence-corrected chi connectivity index (χ0v) is 21.5. The van der Waals surface area contributed by atoms with Gasteiger partial charge in [0, 0.05) is 0 Å². The Labute approximate surface area is 210 Å². The summed E-state index contributed by atoms with van der Waals surface area (Å²) in [6.45, 7) is 9.04. The van der Waals surface area contributed by atoms with Gasteiger partial charge in [0.25, 0.3) is 5.91 Å². The molecule has 7 nitrogen and oxygen atoms in total. The fourth-order valence-electron chi connectivity index (χ4n) is 4.48. The van der Waals surface area contributed by atoms with Crippen LogP contribution in [0.25, 0.3) is 10.2 Å². The maximum atomic E-state index is 13.8. The van der Waals surface area contributed by atoms with Crippen molar-refractivity contribution in [3.05, 3.63) is 79.5 Å². The summed E-state index contributed by atoms with van der Waals surface area (Å²) in [7, 11) is 0. The summed E-state index contributed by atoms with van der Waals surface area (Å²) >= 11 is 2.56. The number of aliphatic hydroxyl groups is 1. The standard InChI is InChI=1S/C26H23N3O4S2/c1-11-6-7-17-18(8-11)35-26(28-17)29-20(16-9-12(2)21(30)13(3)10-16)19(23(32)25(29)33)22(31)24-14(4)27-15(5)34-24/h6-10,20,30,32H,1-5H3. The van der Waals surface area contributed by atoms with Crippen molar-refractivity contribution in [2.24, 2.45) is 0 Å². The van der Waals surface area contributed by atoms with Gasteiger partial charge in [-0.2, -0.15) is 0 Å². The zero-order chi connectivity index (χ0) is 25.2. The first kappa shape index (κ1) is 23.2. The number of carbonyl (C=O) groups excluding carboxylic acids is 2. The average molecular weight is 506 g/mol. The van der Waals surface area contributed by atoms with Gasteiger partial charge in [-0.05, 0) is 81.1 Å². The molecule has 0 radical (unpaired) electrons. The van der Waals surface area contributed by atoms with Crippen LogP contribution < -0.4 is 4.90 Å². The number of benzene rings is 2. The van der Waals surface area contributed by atoms with Crippen molar-refractivity contribution in [1.82, 2.24) is 9.97 Å². The molecule has 1 aliphatic rings. The fraction of sp³-hybridized carbons (Fsp3) is 0.231. The third kappa shape index (κ3) is 3.71. The number of aliphatic hydroxyl groups excluding tert-OH is 1. The van der Waals surface area contributed by atoms with Gasteiger partial charge in [-0.3, -0.25) is 14.5 Å². The summed E-state index contributed by atoms with van der Waals surface area (Å²) in [6, 6.07) is 8.39. The summed E-state index contributed by atoms with van der Waals surface area (Å²) in [4.78, 5) is 38.0. The number of phenols is 1. The van der Waals surface area contributed by atoms with E-state index in [4.69, 9.17) is 0 Å². The molecule has 35 heavy (non-hydrogen) atoms. The Bertz CT molecular complexity index is 1560. The molecule has 0 spiro atoms. The Morgan fingerprint density at radius 3 is 2.29 bits per heavy atom. The molecule has 2 N–H and O–H groups in total. The van der Waals surface area contributed by atoms with Crippen LogP contribution in [0.4, 0.5) is 5.13 Å². The van der Waals surface area contributed by atoms with Gasteiger partial charge in [-0.1, -0.05) is 17.4 Å². The molecular weight excluding hydrogens is 482 g/mol. The van der Waals surface area contributed by atoms with E-state index in [0.29, 0.717) is 32.4 Å². The van der Waals surface area contributed by atoms with Gasteiger partial charge in [0.15, 0.2) is 10.9 Å². The van der Waals surface area contributed by atoms with Crippen molar-refractivity contribution in [3.63, 3.8) is 0 Å². The molecule has 1 unspecified atom stereocenters. The van der Waals surface area contributed by atoms with Gasteiger partial charge < -0.3 is 10.2 Å². The number of ketones is 1. The van der Waals surface area contributed by atoms with Crippen molar-refractivity contribution in [2.45, 2.75) is 40.7 Å². The first-order valence-corrected chi connectivity index (χ1v) is 12.6. The van der Waals surface area contributed by atoms with Gasteiger partial charge in [0.05, 0.1) is 37.4 Å². The van der Waals surface area contributed by atoms with Crippen molar-refractivity contribution in [2.75, 3.05) is 4.90 Å². The number of aryl methyl sites for hydroxylation is 5. The minimum atomic E-state index is -0.906. The normalized spacial score (nSPS) is 16.1. The van der Waals surface area contributed by atoms with Gasteiger partial charge in [-0.15, -0.1) is 11.3 Å². The number of aromatic hydroxyl groups is 1. The molecule has 0 fully saturated rings. The molecule has 178 valence electrons. The second-order valence-electron chi connectivity index (χ2n) is 8.79. The Morgan fingerprint density at radius 1 is 0.971 bits per heavy atom. The molecule has 0 saturated heterocycles. The van der Waals surface area contributed by atoms with Crippen LogP contribution in [0, 0.1) is 34.6 Å². The predicted molar refractivity (Wildman–Crippen MR) is 138 cm³/mol. The molecule has 0 bridgehead atoms. The maximum Gasteiger partial charge on any atom is 0.296 e. The summed E-state index contributed by atoms with van der Waals surface area (Å²) in [5.41, 5.74) is 4.15. The number of aromatic nitrogens is 2. The van der Waals surface area contributed by atoms with E-state index in [1.807, 2.05) is 32.0 Å². The molecule has 1 atom stereocenters. The second kappa shape index (κ2) is 8.28. The highest BCUT2D eigenvalue weighted by atomic mass is 32.1. The number of carbonyl (C=O) groups is 2. The van der Waals surface area contributed by atoms with Gasteiger partial charge in [0.2, 0.25) is 5.78 Å². The summed E-state index contributed by atoms with van der Waals surface area (Å²) in [6.07, 6.45) is 0. The number of hydrogen-bond acceptors (Lipinski definition) is 8. The highest BCUT2D eigenvalue weighted by molar-refractivity contribution is 7.22. The highest BCUT2D eigenvalue weighted by Crippen LogP contribution is 2.45. The van der Waals surface area contributed by atoms with E-state index >= 15 is 0 Å². The van der Waals surface area contributed by atoms with E-state index in [1.54, 1.807) is 32.9 Å². The van der Waals surface area contributed by atoms with E-state index in [9.17, 15) is 19.8 Å². The molecule has 4 aromatic rings. The van der Waals surface area contributed by atoms with Crippen molar-refractivity contribution < 1.29 is 19.8 Å². The summed E-state index contributed by atoms with van der Waals surface area (Å²) in [5.74, 6) is -1.57. The minimum absolute atomic E-state index is 0.0123. The fourth-order valence-corrected chi connectivity index (χ4v) is 6.45. The van der Waals surface area contributed by atoms with Crippen LogP contribution in [0.3, 0.4) is 0 Å². The van der Waals surface area contributed by atoms with Crippen LogP contribution in [-0.4, -0.2) is 31.9 Å². The maximum absolute atomic E-state index is 13.8. The number of Topliss-reactive ketones (excluding diaryl/α,β-unsaturated/α-hetero) is 1. The lowest BCUT2D eigenvalue weighted by Gasteiger charge is -2.25. The summed E-state index contributed by atoms with van der Waals surface area (Å²) in [5, 5.41) is 22.5. The number of amides is 1. The van der Waals surface area contributed by atoms with Gasteiger partial charge in [-0.25, -0.2) is 9.97 Å². The van der Waals surface area contributed by atoms with Crippen LogP contribution >= 0.6 is 22.7 Å². The monoisotopic (exact) mass is 505 g/mol. The third-order valence-corrected chi connectivity index (χ3v) is 8.22. The molecule has 9 heteroatoms. The number of fused-ring (bicyclic) bond motifs is 1. The molecule has 1 amide bonds. The van der Waals surface area contributed by atoms with E-state index in [-0.39, 0.29) is 11.3 Å². The number of phenolic OH excluding ortho intramolecular Hbond substituents is 1. The molecular formula is C26H23N3O4S2. The first-order chi connectivity index (χ1) is 16.6. The smallest absolute Gasteiger partial charge is 0.296 e. The van der Waals surface area contributed by atoms with Crippen LogP contribution in [-0.2, 0) is 4.79 Å². The first-order valence-electron chi connectivity index (χ1n) is 11.0. The van der Waals surface area contributed by atoms with Gasteiger partial charge in [0.1, 0.15) is 5.75 Å². The van der Waals surface area contributed by atoms with Crippen molar-refractivity contribution in [3.8, 4) is 5.75 Å². The lowest BCUT2D eigenvalue weighted by atomic mass is 9.92. The lowest BCUT2D eigenvalue weighted by Crippen LogP contribution is -2.31. The van der Waals surface area contributed by atoms with Crippen LogP contribution in [0.1, 0.15) is 48.7 Å². The second-order valence-corrected chi connectivity index (χ2v) is 11.0. The van der Waals surface area contributed by atoms with E-state index in [0.717, 1.165) is 20.8 Å². The molecule has 2 aromatic carbocycles. The average Bonchev–Trinajstić information content (AvgIpc) is 3.44. The van der Waals surface area contributed by atoms with Crippen LogP contribution in [0.2, 0.25) is 0 Å². The molecule has 0 aliphatic carbocycles. The Kier molecular flexibility index (Phi) is 5.49. The van der Waals surface area contributed by atoms with E-state index in [1.165, 1.54) is 27.6 Å².